The molecule has 2 aliphatic rings. The third kappa shape index (κ3) is 3.54. The first kappa shape index (κ1) is 12.6. The molecule has 1 amide bonds. The molecule has 2 rings (SSSR count). The predicted molar refractivity (Wildman–Crippen MR) is 68.6 cm³/mol. The van der Waals surface area contributed by atoms with Crippen LogP contribution in [-0.4, -0.2) is 54.5 Å². The van der Waals surface area contributed by atoms with Crippen molar-refractivity contribution in [2.45, 2.75) is 32.2 Å². The molecule has 4 nitrogen and oxygen atoms in total. The highest BCUT2D eigenvalue weighted by molar-refractivity contribution is 5.78. The Morgan fingerprint density at radius 1 is 1.41 bits per heavy atom. The number of rotatable bonds is 2. The van der Waals surface area contributed by atoms with Crippen LogP contribution in [0.5, 0.6) is 0 Å². The molecule has 1 saturated heterocycles. The van der Waals surface area contributed by atoms with Crippen LogP contribution < -0.4 is 5.73 Å². The van der Waals surface area contributed by atoms with Gasteiger partial charge in [-0.25, -0.2) is 0 Å². The van der Waals surface area contributed by atoms with Gasteiger partial charge in [-0.15, -0.1) is 0 Å². The van der Waals surface area contributed by atoms with Crippen molar-refractivity contribution in [2.24, 2.45) is 5.73 Å². The maximum absolute atomic E-state index is 12.1. The van der Waals surface area contributed by atoms with Crippen LogP contribution in [0.1, 0.15) is 26.2 Å². The minimum absolute atomic E-state index is 0.268. The molecule has 1 fully saturated rings. The molecular formula is C13H23N3O. The normalized spacial score (nSPS) is 23.6. The molecule has 0 aromatic rings. The van der Waals surface area contributed by atoms with Crippen LogP contribution in [0.4, 0.5) is 0 Å². The zero-order valence-corrected chi connectivity index (χ0v) is 10.7. The van der Waals surface area contributed by atoms with Gasteiger partial charge in [-0.3, -0.25) is 9.69 Å². The van der Waals surface area contributed by atoms with Crippen LogP contribution in [0.2, 0.25) is 0 Å². The summed E-state index contributed by atoms with van der Waals surface area (Å²) >= 11 is 0. The zero-order valence-electron chi connectivity index (χ0n) is 10.7. The highest BCUT2D eigenvalue weighted by Gasteiger charge is 2.21. The van der Waals surface area contributed by atoms with Crippen molar-refractivity contribution in [3.8, 4) is 0 Å². The summed E-state index contributed by atoms with van der Waals surface area (Å²) in [6.07, 6.45) is 5.22. The summed E-state index contributed by atoms with van der Waals surface area (Å²) < 4.78 is 0. The standard InChI is InChI=1S/C13H23N3O/c1-11-2-8-16(9-3-11)13(17)10-15-6-4-12(14)5-7-15/h2,12H,3-10,14H2,1H3. The highest BCUT2D eigenvalue weighted by Crippen LogP contribution is 2.12. The Bertz CT molecular complexity index is 306. The number of carbonyl (C=O) groups excluding carboxylic acids is 1. The molecule has 0 bridgehead atoms. The fourth-order valence-electron chi connectivity index (χ4n) is 2.40. The Morgan fingerprint density at radius 2 is 2.12 bits per heavy atom. The van der Waals surface area contributed by atoms with Crippen molar-refractivity contribution in [1.29, 1.82) is 0 Å². The van der Waals surface area contributed by atoms with Gasteiger partial charge in [0.2, 0.25) is 5.91 Å². The van der Waals surface area contributed by atoms with E-state index in [4.69, 9.17) is 5.73 Å². The van der Waals surface area contributed by atoms with Gasteiger partial charge in [-0.05, 0) is 26.2 Å². The fraction of sp³-hybridized carbons (Fsp3) is 0.769. The maximum Gasteiger partial charge on any atom is 0.237 e. The van der Waals surface area contributed by atoms with Gasteiger partial charge in [0.1, 0.15) is 0 Å². The summed E-state index contributed by atoms with van der Waals surface area (Å²) in [5.74, 6) is 0.268. The SMILES string of the molecule is CC1=CCN(C(=O)CN2CCC(N)CC2)CC1. The lowest BCUT2D eigenvalue weighted by atomic mass is 10.1. The Hall–Kier alpha value is -0.870. The van der Waals surface area contributed by atoms with Crippen molar-refractivity contribution in [1.82, 2.24) is 9.80 Å². The van der Waals surface area contributed by atoms with Crippen LogP contribution in [0.15, 0.2) is 11.6 Å². The van der Waals surface area contributed by atoms with Gasteiger partial charge in [0.05, 0.1) is 6.54 Å². The van der Waals surface area contributed by atoms with E-state index in [0.29, 0.717) is 12.6 Å². The van der Waals surface area contributed by atoms with Gasteiger partial charge in [0, 0.05) is 32.2 Å². The van der Waals surface area contributed by atoms with Crippen LogP contribution in [0.3, 0.4) is 0 Å². The second kappa shape index (κ2) is 5.65. The lowest BCUT2D eigenvalue weighted by Crippen LogP contribution is -2.46. The maximum atomic E-state index is 12.1. The smallest absolute Gasteiger partial charge is 0.237 e. The average molecular weight is 237 g/mol. The van der Waals surface area contributed by atoms with Gasteiger partial charge < -0.3 is 10.6 Å². The monoisotopic (exact) mass is 237 g/mol. The van der Waals surface area contributed by atoms with Gasteiger partial charge >= 0.3 is 0 Å². The molecule has 0 unspecified atom stereocenters. The van der Waals surface area contributed by atoms with E-state index in [1.54, 1.807) is 0 Å². The van der Waals surface area contributed by atoms with Crippen LogP contribution in [-0.2, 0) is 4.79 Å². The third-order valence-electron chi connectivity index (χ3n) is 3.78. The molecule has 0 atom stereocenters. The van der Waals surface area contributed by atoms with E-state index in [0.717, 1.165) is 45.4 Å². The van der Waals surface area contributed by atoms with Crippen molar-refractivity contribution in [3.05, 3.63) is 11.6 Å². The number of hydrogen-bond donors (Lipinski definition) is 1. The summed E-state index contributed by atoms with van der Waals surface area (Å²) in [6.45, 7) is 6.31. The zero-order chi connectivity index (χ0) is 12.3. The van der Waals surface area contributed by atoms with Crippen molar-refractivity contribution >= 4 is 5.91 Å². The number of nitrogens with zero attached hydrogens (tertiary/aromatic N) is 2. The van der Waals surface area contributed by atoms with Crippen LogP contribution in [0, 0.1) is 0 Å². The van der Waals surface area contributed by atoms with E-state index in [2.05, 4.69) is 17.9 Å². The van der Waals surface area contributed by atoms with E-state index in [1.807, 2.05) is 4.90 Å². The number of hydrogen-bond acceptors (Lipinski definition) is 3. The fourth-order valence-corrected chi connectivity index (χ4v) is 2.40. The summed E-state index contributed by atoms with van der Waals surface area (Å²) in [6, 6.07) is 0.335. The number of amides is 1. The summed E-state index contributed by atoms with van der Waals surface area (Å²) in [5, 5.41) is 0. The molecule has 0 aromatic carbocycles. The average Bonchev–Trinajstić information content (AvgIpc) is 2.33. The Morgan fingerprint density at radius 3 is 2.71 bits per heavy atom. The van der Waals surface area contributed by atoms with Crippen molar-refractivity contribution in [3.63, 3.8) is 0 Å². The second-order valence-electron chi connectivity index (χ2n) is 5.25. The largest absolute Gasteiger partial charge is 0.338 e. The Labute approximate surface area is 103 Å². The Kier molecular flexibility index (Phi) is 4.18. The molecule has 0 spiro atoms. The minimum atomic E-state index is 0.268. The number of piperidine rings is 1. The van der Waals surface area contributed by atoms with E-state index in [-0.39, 0.29) is 5.91 Å². The van der Waals surface area contributed by atoms with Gasteiger partial charge in [-0.1, -0.05) is 11.6 Å². The molecule has 0 aliphatic carbocycles. The van der Waals surface area contributed by atoms with Gasteiger partial charge in [0.15, 0.2) is 0 Å². The van der Waals surface area contributed by atoms with E-state index in [9.17, 15) is 4.79 Å². The second-order valence-corrected chi connectivity index (χ2v) is 5.25. The molecular weight excluding hydrogens is 214 g/mol. The molecule has 0 radical (unpaired) electrons. The van der Waals surface area contributed by atoms with Crippen molar-refractivity contribution in [2.75, 3.05) is 32.7 Å². The molecule has 0 saturated carbocycles. The van der Waals surface area contributed by atoms with Crippen molar-refractivity contribution < 1.29 is 4.79 Å². The van der Waals surface area contributed by atoms with E-state index >= 15 is 0 Å². The first-order valence-electron chi connectivity index (χ1n) is 6.56. The predicted octanol–water partition coefficient (Wildman–Crippen LogP) is 0.588. The summed E-state index contributed by atoms with van der Waals surface area (Å²) in [4.78, 5) is 16.3. The third-order valence-corrected chi connectivity index (χ3v) is 3.78. The lowest BCUT2D eigenvalue weighted by molar-refractivity contribution is -0.132. The first-order valence-corrected chi connectivity index (χ1v) is 6.56. The van der Waals surface area contributed by atoms with Gasteiger partial charge in [-0.2, -0.15) is 0 Å². The molecule has 17 heavy (non-hydrogen) atoms. The van der Waals surface area contributed by atoms with Gasteiger partial charge in [0.25, 0.3) is 0 Å². The topological polar surface area (TPSA) is 49.6 Å². The summed E-state index contributed by atoms with van der Waals surface area (Å²) in [5.41, 5.74) is 7.26. The Balaban J connectivity index is 1.77. The number of nitrogens with two attached hydrogens (primary N) is 1. The highest BCUT2D eigenvalue weighted by atomic mass is 16.2. The number of likely N-dealkylation sites (tertiary alicyclic amines) is 1. The molecule has 2 heterocycles. The summed E-state index contributed by atoms with van der Waals surface area (Å²) in [7, 11) is 0. The first-order chi connectivity index (χ1) is 8.15. The molecule has 2 N–H and O–H groups in total. The molecule has 96 valence electrons. The quantitative estimate of drug-likeness (QED) is 0.715. The molecule has 4 heteroatoms. The lowest BCUT2D eigenvalue weighted by Gasteiger charge is -2.32. The minimum Gasteiger partial charge on any atom is -0.338 e. The molecule has 2 aliphatic heterocycles. The van der Waals surface area contributed by atoms with E-state index in [1.165, 1.54) is 5.57 Å². The van der Waals surface area contributed by atoms with Crippen LogP contribution in [0.25, 0.3) is 0 Å². The van der Waals surface area contributed by atoms with E-state index < -0.39 is 0 Å². The van der Waals surface area contributed by atoms with Crippen LogP contribution >= 0.6 is 0 Å². The molecule has 0 aromatic heterocycles. The number of carbonyl (C=O) groups is 1.